The Hall–Kier alpha value is -3.49. The summed E-state index contributed by atoms with van der Waals surface area (Å²) in [4.78, 5) is 9.02. The second kappa shape index (κ2) is 15.5. The van der Waals surface area contributed by atoms with Crippen LogP contribution in [0.5, 0.6) is 5.88 Å². The van der Waals surface area contributed by atoms with E-state index in [0.717, 1.165) is 24.6 Å². The zero-order valence-electron chi connectivity index (χ0n) is 21.8. The number of carboxylic acids is 1. The number of carboxylic acid groups (broad SMARTS) is 1. The molecule has 1 aromatic heterocycles. The van der Waals surface area contributed by atoms with Gasteiger partial charge in [0.25, 0.3) is 16.0 Å². The number of nitrogens with one attached hydrogen (secondary N) is 2. The van der Waals surface area contributed by atoms with E-state index in [9.17, 15) is 8.42 Å². The smallest absolute Gasteiger partial charge is 0.300 e. The fourth-order valence-electron chi connectivity index (χ4n) is 3.05. The van der Waals surface area contributed by atoms with Crippen molar-refractivity contribution in [1.82, 2.24) is 10.2 Å². The Labute approximate surface area is 266 Å². The predicted octanol–water partition coefficient (Wildman–Crippen LogP) is 4.36. The number of carbonyl (C=O) groups is 1. The summed E-state index contributed by atoms with van der Waals surface area (Å²) in [6.45, 7) is 2.86. The molecule has 0 saturated heterocycles. The average molecular weight is 807 g/mol. The molecule has 212 valence electrons. The fourth-order valence-corrected chi connectivity index (χ4v) is 4.94. The van der Waals surface area contributed by atoms with Crippen LogP contribution in [0.4, 0.5) is 17.2 Å². The Morgan fingerprint density at radius 3 is 2.29 bits per heavy atom. The van der Waals surface area contributed by atoms with Crippen molar-refractivity contribution in [2.75, 3.05) is 16.8 Å². The van der Waals surface area contributed by atoms with Crippen LogP contribution in [0.25, 0.3) is 0 Å². The number of para-hydroxylation sites is 1. The van der Waals surface area contributed by atoms with Gasteiger partial charge in [-0.1, -0.05) is 18.2 Å². The van der Waals surface area contributed by atoms with Crippen LogP contribution >= 0.6 is 11.9 Å². The number of hydrogen-bond acceptors (Lipinski definition) is 12. The molecule has 1 aliphatic heterocycles. The van der Waals surface area contributed by atoms with E-state index in [0.29, 0.717) is 21.2 Å². The van der Waals surface area contributed by atoms with Gasteiger partial charge in [-0.05, 0) is 49.4 Å². The fraction of sp³-hybridized carbons (Fsp3) is 0.125. The third-order valence-electron chi connectivity index (χ3n) is 4.78. The summed E-state index contributed by atoms with van der Waals surface area (Å²) >= 11 is 6.39. The molecule has 0 fully saturated rings. The van der Waals surface area contributed by atoms with Crippen LogP contribution in [0.15, 0.2) is 96.2 Å². The number of benzene rings is 2. The SMILES string of the molecule is CC(=O)O.COc1ccc(NS(=O)(=O)c2ccc(N=NS/C([S-])=C3\C(=N)N(c4ccccc4)N=C3C)cc2)nn1.[Pb]. The first-order valence-electron chi connectivity index (χ1n) is 11.2. The summed E-state index contributed by atoms with van der Waals surface area (Å²) in [5.74, 6) is -0.344. The number of amidine groups is 1. The van der Waals surface area contributed by atoms with Crippen LogP contribution in [-0.2, 0) is 27.4 Å². The van der Waals surface area contributed by atoms with Gasteiger partial charge in [0.1, 0.15) is 0 Å². The quantitative estimate of drug-likeness (QED) is 0.128. The number of methoxy groups -OCH3 is 1. The van der Waals surface area contributed by atoms with Crippen LogP contribution in [-0.4, -0.2) is 75.6 Å². The van der Waals surface area contributed by atoms with Crippen LogP contribution in [0.2, 0.25) is 0 Å². The summed E-state index contributed by atoms with van der Waals surface area (Å²) in [7, 11) is -2.43. The molecule has 0 bridgehead atoms. The van der Waals surface area contributed by atoms with Crippen molar-refractivity contribution in [3.05, 3.63) is 76.5 Å². The standard InChI is InChI=1S/C22H20N8O3S3.C2H4O2.Pb/c1-14-20(21(23)30(27-14)16-6-4-3-5-7-16)22(34)35-29-24-15-8-10-17(11-9-15)36(31,32)28-18-12-13-19(33-2)26-25-18;1-2(3)4;/h3-13,23,34H,1-2H3,(H,25,28);1H3,(H,3,4);/p-1/b22-20-,23-21?,29-24?;;. The van der Waals surface area contributed by atoms with E-state index in [1.165, 1.54) is 48.5 Å². The molecule has 0 aliphatic carbocycles. The van der Waals surface area contributed by atoms with Gasteiger partial charge in [0.2, 0.25) is 5.88 Å². The first-order chi connectivity index (χ1) is 19.0. The zero-order chi connectivity index (χ0) is 29.3. The third-order valence-corrected chi connectivity index (χ3v) is 7.11. The minimum absolute atomic E-state index is 0. The molecule has 0 saturated carbocycles. The molecule has 2 aromatic carbocycles. The van der Waals surface area contributed by atoms with E-state index < -0.39 is 16.0 Å². The Kier molecular flexibility index (Phi) is 12.7. The number of hydrogen-bond donors (Lipinski definition) is 3. The molecule has 41 heavy (non-hydrogen) atoms. The van der Waals surface area contributed by atoms with Crippen LogP contribution in [0.1, 0.15) is 13.8 Å². The van der Waals surface area contributed by atoms with Gasteiger partial charge in [-0.25, -0.2) is 13.4 Å². The van der Waals surface area contributed by atoms with Gasteiger partial charge in [0.05, 0.1) is 29.1 Å². The largest absolute Gasteiger partial charge is 0.770 e. The minimum atomic E-state index is -3.87. The zero-order valence-corrected chi connectivity index (χ0v) is 28.2. The van der Waals surface area contributed by atoms with Crippen molar-refractivity contribution in [3.63, 3.8) is 0 Å². The molecular formula is C24H23N8O5PbS3-. The molecule has 0 amide bonds. The van der Waals surface area contributed by atoms with Gasteiger partial charge >= 0.3 is 0 Å². The Morgan fingerprint density at radius 1 is 1.10 bits per heavy atom. The molecule has 3 N–H and O–H groups in total. The molecule has 1 aliphatic rings. The van der Waals surface area contributed by atoms with Crippen LogP contribution in [0, 0.1) is 5.41 Å². The maximum absolute atomic E-state index is 12.6. The second-order valence-electron chi connectivity index (χ2n) is 7.70. The molecule has 4 radical (unpaired) electrons. The second-order valence-corrected chi connectivity index (χ2v) is 10.8. The van der Waals surface area contributed by atoms with E-state index in [2.05, 4.69) is 29.7 Å². The first-order valence-corrected chi connectivity index (χ1v) is 13.9. The van der Waals surface area contributed by atoms with Crippen molar-refractivity contribution in [1.29, 1.82) is 5.41 Å². The minimum Gasteiger partial charge on any atom is -0.770 e. The molecule has 0 unspecified atom stereocenters. The van der Waals surface area contributed by atoms with Gasteiger partial charge in [-0.15, -0.1) is 24.1 Å². The number of nitrogens with zero attached hydrogens (tertiary/aromatic N) is 6. The Bertz CT molecular complexity index is 1560. The van der Waals surface area contributed by atoms with E-state index in [1.54, 1.807) is 6.92 Å². The first kappa shape index (κ1) is 33.7. The molecule has 17 heteroatoms. The van der Waals surface area contributed by atoms with E-state index >= 15 is 0 Å². The summed E-state index contributed by atoms with van der Waals surface area (Å²) < 4.78 is 36.8. The number of anilines is 2. The van der Waals surface area contributed by atoms with Crippen LogP contribution < -0.4 is 14.5 Å². The molecule has 13 nitrogen and oxygen atoms in total. The van der Waals surface area contributed by atoms with Gasteiger partial charge in [0.15, 0.2) is 11.7 Å². The molecule has 2 heterocycles. The number of sulfonamides is 1. The van der Waals surface area contributed by atoms with Crippen LogP contribution in [0.3, 0.4) is 0 Å². The van der Waals surface area contributed by atoms with Gasteiger partial charge < -0.3 is 22.5 Å². The van der Waals surface area contributed by atoms with Gasteiger partial charge in [-0.3, -0.25) is 14.9 Å². The maximum Gasteiger partial charge on any atom is 0.300 e. The number of aliphatic carboxylic acids is 1. The number of aromatic nitrogens is 2. The summed E-state index contributed by atoms with van der Waals surface area (Å²) in [5, 5.41) is 33.4. The number of ether oxygens (including phenoxy) is 1. The van der Waals surface area contributed by atoms with Crippen molar-refractivity contribution in [3.8, 4) is 5.88 Å². The normalized spacial score (nSPS) is 14.0. The summed E-state index contributed by atoms with van der Waals surface area (Å²) in [6.07, 6.45) is 0. The molecule has 0 atom stereocenters. The van der Waals surface area contributed by atoms with Crippen molar-refractivity contribution >= 4 is 96.6 Å². The van der Waals surface area contributed by atoms with Crippen molar-refractivity contribution in [2.45, 2.75) is 18.7 Å². The van der Waals surface area contributed by atoms with E-state index in [1.807, 2.05) is 30.3 Å². The maximum atomic E-state index is 12.6. The van der Waals surface area contributed by atoms with E-state index in [-0.39, 0.29) is 49.7 Å². The number of hydrazone groups is 1. The van der Waals surface area contributed by atoms with E-state index in [4.69, 9.17) is 32.7 Å². The molecule has 3 aromatic rings. The van der Waals surface area contributed by atoms with Gasteiger partial charge in [-0.2, -0.15) is 5.10 Å². The third kappa shape index (κ3) is 9.54. The topological polar surface area (TPSA) is 183 Å². The predicted molar refractivity (Wildman–Crippen MR) is 161 cm³/mol. The molecule has 0 spiro atoms. The summed E-state index contributed by atoms with van der Waals surface area (Å²) in [5.41, 5.74) is 2.30. The number of rotatable bonds is 8. The average Bonchev–Trinajstić information content (AvgIpc) is 3.23. The monoisotopic (exact) mass is 807 g/mol. The Balaban J connectivity index is 0.00000110. The van der Waals surface area contributed by atoms with Crippen molar-refractivity contribution < 1.29 is 23.1 Å². The Morgan fingerprint density at radius 2 is 1.73 bits per heavy atom. The summed E-state index contributed by atoms with van der Waals surface area (Å²) in [6, 6.07) is 18.1. The molecular weight excluding hydrogens is 784 g/mol. The van der Waals surface area contributed by atoms with Gasteiger partial charge in [0, 0.05) is 57.8 Å². The van der Waals surface area contributed by atoms with Crippen molar-refractivity contribution in [2.24, 2.45) is 14.7 Å². The molecule has 4 rings (SSSR count).